The highest BCUT2D eigenvalue weighted by molar-refractivity contribution is 6.12. The highest BCUT2D eigenvalue weighted by Gasteiger charge is 2.37. The topological polar surface area (TPSA) is 21.5 Å². The molecule has 3 aromatic carbocycles. The zero-order chi connectivity index (χ0) is 20.1. The van der Waals surface area contributed by atoms with E-state index in [-0.39, 0.29) is 31.1 Å². The summed E-state index contributed by atoms with van der Waals surface area (Å²) in [6.07, 6.45) is 0.632. The molecule has 2 aliphatic heterocycles. The van der Waals surface area contributed by atoms with Crippen molar-refractivity contribution in [2.45, 2.75) is 19.4 Å². The number of hydrogen-bond acceptors (Lipinski definition) is 2. The van der Waals surface area contributed by atoms with Crippen molar-refractivity contribution in [1.82, 2.24) is 0 Å². The van der Waals surface area contributed by atoms with E-state index < -0.39 is 11.6 Å². The lowest BCUT2D eigenvalue weighted by atomic mass is 9.88. The molecule has 2 heterocycles. The van der Waals surface area contributed by atoms with Crippen molar-refractivity contribution in [2.75, 3.05) is 6.79 Å². The van der Waals surface area contributed by atoms with Crippen molar-refractivity contribution >= 4 is 11.4 Å². The molecule has 0 saturated carbocycles. The first kappa shape index (κ1) is 20.3. The Morgan fingerprint density at radius 1 is 0.867 bits per heavy atom. The summed E-state index contributed by atoms with van der Waals surface area (Å²) >= 11 is 0. The fourth-order valence-electron chi connectivity index (χ4n) is 4.08. The number of fused-ring (bicyclic) bond motifs is 2. The van der Waals surface area contributed by atoms with Crippen LogP contribution in [0.15, 0.2) is 54.6 Å². The zero-order valence-electron chi connectivity index (χ0n) is 16.0. The van der Waals surface area contributed by atoms with Crippen LogP contribution in [0, 0.1) is 17.5 Å². The van der Waals surface area contributed by atoms with Gasteiger partial charge in [0.1, 0.15) is 0 Å². The van der Waals surface area contributed by atoms with E-state index in [1.165, 1.54) is 12.1 Å². The molecular weight excluding hydrogens is 415 g/mol. The lowest BCUT2D eigenvalue weighted by molar-refractivity contribution is -0.483. The fraction of sp³-hybridized carbons (Fsp3) is 0.174. The molecule has 0 radical (unpaired) electrons. The molecule has 0 aromatic heterocycles. The van der Waals surface area contributed by atoms with E-state index in [9.17, 15) is 13.2 Å². The molecule has 0 N–H and O–H groups in total. The van der Waals surface area contributed by atoms with Crippen LogP contribution in [-0.2, 0) is 6.42 Å². The van der Waals surface area contributed by atoms with Gasteiger partial charge in [0.2, 0.25) is 18.2 Å². The van der Waals surface area contributed by atoms with E-state index >= 15 is 0 Å². The molecule has 7 heteroatoms. The first-order valence-corrected chi connectivity index (χ1v) is 9.32. The van der Waals surface area contributed by atoms with Crippen LogP contribution in [0.3, 0.4) is 0 Å². The van der Waals surface area contributed by atoms with Gasteiger partial charge in [0, 0.05) is 18.1 Å². The minimum absolute atomic E-state index is 0. The quantitative estimate of drug-likeness (QED) is 0.579. The molecule has 0 bridgehead atoms. The van der Waals surface area contributed by atoms with Gasteiger partial charge in [-0.05, 0) is 48.9 Å². The molecule has 3 aromatic rings. The average Bonchev–Trinajstić information content (AvgIpc) is 3.16. The highest BCUT2D eigenvalue weighted by atomic mass is 35.5. The van der Waals surface area contributed by atoms with Gasteiger partial charge >= 0.3 is 0 Å². The summed E-state index contributed by atoms with van der Waals surface area (Å²) in [4.78, 5) is 0. The summed E-state index contributed by atoms with van der Waals surface area (Å²) < 4.78 is 55.3. The molecule has 1 atom stereocenters. The van der Waals surface area contributed by atoms with Crippen LogP contribution >= 0.6 is 0 Å². The van der Waals surface area contributed by atoms with Crippen molar-refractivity contribution < 1.29 is 39.6 Å². The molecule has 2 aliphatic rings. The van der Waals surface area contributed by atoms with Gasteiger partial charge in [-0.2, -0.15) is 8.97 Å². The minimum atomic E-state index is -0.955. The molecular formula is C23H17ClF3NO2. The molecule has 3 nitrogen and oxygen atoms in total. The largest absolute Gasteiger partial charge is 1.00 e. The molecule has 5 rings (SSSR count). The fourth-order valence-corrected chi connectivity index (χ4v) is 4.08. The summed E-state index contributed by atoms with van der Waals surface area (Å²) in [6, 6.07) is 13.8. The van der Waals surface area contributed by atoms with Crippen molar-refractivity contribution in [3.05, 3.63) is 88.7 Å². The van der Waals surface area contributed by atoms with Crippen LogP contribution in [0.4, 0.5) is 18.9 Å². The van der Waals surface area contributed by atoms with Crippen LogP contribution in [0.2, 0.25) is 0 Å². The number of nitrogens with zero attached hydrogens (tertiary/aromatic N) is 1. The van der Waals surface area contributed by atoms with E-state index in [1.54, 1.807) is 18.2 Å². The summed E-state index contributed by atoms with van der Waals surface area (Å²) in [5.74, 6) is -1.04. The van der Waals surface area contributed by atoms with Gasteiger partial charge in [-0.15, -0.1) is 0 Å². The van der Waals surface area contributed by atoms with Crippen LogP contribution in [0.25, 0.3) is 0 Å². The number of para-hydroxylation sites is 1. The van der Waals surface area contributed by atoms with Gasteiger partial charge < -0.3 is 21.9 Å². The van der Waals surface area contributed by atoms with E-state index in [4.69, 9.17) is 9.47 Å². The summed E-state index contributed by atoms with van der Waals surface area (Å²) in [7, 11) is 0. The van der Waals surface area contributed by atoms with Crippen molar-refractivity contribution in [3.8, 4) is 11.5 Å². The molecule has 0 fully saturated rings. The molecule has 0 saturated heterocycles. The van der Waals surface area contributed by atoms with E-state index in [1.807, 2.05) is 23.6 Å². The van der Waals surface area contributed by atoms with Gasteiger partial charge in [-0.3, -0.25) is 0 Å². The second-order valence-corrected chi connectivity index (χ2v) is 7.21. The van der Waals surface area contributed by atoms with Crippen molar-refractivity contribution in [1.29, 1.82) is 0 Å². The Labute approximate surface area is 177 Å². The Morgan fingerprint density at radius 3 is 2.33 bits per heavy atom. The van der Waals surface area contributed by atoms with Gasteiger partial charge in [0.15, 0.2) is 35.0 Å². The number of benzene rings is 3. The van der Waals surface area contributed by atoms with Crippen LogP contribution in [0.1, 0.15) is 23.6 Å². The maximum absolute atomic E-state index is 14.7. The first-order valence-electron chi connectivity index (χ1n) is 9.32. The predicted molar refractivity (Wildman–Crippen MR) is 102 cm³/mol. The molecule has 154 valence electrons. The average molecular weight is 432 g/mol. The van der Waals surface area contributed by atoms with Gasteiger partial charge in [-0.25, -0.2) is 8.78 Å². The Kier molecular flexibility index (Phi) is 5.20. The third-order valence-corrected chi connectivity index (χ3v) is 5.36. The van der Waals surface area contributed by atoms with Crippen LogP contribution in [-0.4, -0.2) is 23.1 Å². The number of hydrogen-bond donors (Lipinski definition) is 0. The zero-order valence-corrected chi connectivity index (χ0v) is 16.7. The summed E-state index contributed by atoms with van der Waals surface area (Å²) in [6.45, 7) is 2.10. The molecule has 0 aliphatic carbocycles. The van der Waals surface area contributed by atoms with Crippen LogP contribution < -0.4 is 21.9 Å². The second-order valence-electron chi connectivity index (χ2n) is 7.21. The van der Waals surface area contributed by atoms with Gasteiger partial charge in [0.05, 0.1) is 5.56 Å². The number of ether oxygens (including phenoxy) is 2. The first-order chi connectivity index (χ1) is 14.0. The molecule has 30 heavy (non-hydrogen) atoms. The SMILES string of the molecule is CC1Cc2cc3c(cc2C(c2ccc(F)c(F)c2)=[N+]1c1ccccc1F)OCO3.[Cl-]. The third-order valence-electron chi connectivity index (χ3n) is 5.36. The third kappa shape index (κ3) is 3.21. The Balaban J connectivity index is 0.00000218. The number of halogens is 4. The van der Waals surface area contributed by atoms with Gasteiger partial charge in [0.25, 0.3) is 0 Å². The van der Waals surface area contributed by atoms with E-state index in [0.717, 1.165) is 23.3 Å². The molecule has 1 unspecified atom stereocenters. The molecule has 0 amide bonds. The Bertz CT molecular complexity index is 1180. The highest BCUT2D eigenvalue weighted by Crippen LogP contribution is 2.39. The lowest BCUT2D eigenvalue weighted by Crippen LogP contribution is -3.00. The second kappa shape index (κ2) is 7.69. The number of rotatable bonds is 2. The normalized spacial score (nSPS) is 16.9. The predicted octanol–water partition coefficient (Wildman–Crippen LogP) is 1.96. The maximum atomic E-state index is 14.7. The summed E-state index contributed by atoms with van der Waals surface area (Å²) in [5, 5.41) is 0. The monoisotopic (exact) mass is 431 g/mol. The van der Waals surface area contributed by atoms with E-state index in [2.05, 4.69) is 0 Å². The van der Waals surface area contributed by atoms with Crippen LogP contribution in [0.5, 0.6) is 11.5 Å². The minimum Gasteiger partial charge on any atom is -1.00 e. The smallest absolute Gasteiger partial charge is 0.242 e. The summed E-state index contributed by atoms with van der Waals surface area (Å²) in [5.41, 5.74) is 3.19. The van der Waals surface area contributed by atoms with E-state index in [0.29, 0.717) is 34.9 Å². The van der Waals surface area contributed by atoms with Gasteiger partial charge in [-0.1, -0.05) is 12.1 Å². The Hall–Kier alpha value is -2.99. The lowest BCUT2D eigenvalue weighted by Gasteiger charge is -2.24. The molecule has 0 spiro atoms. The van der Waals surface area contributed by atoms with Crippen molar-refractivity contribution in [2.24, 2.45) is 0 Å². The van der Waals surface area contributed by atoms with Crippen molar-refractivity contribution in [3.63, 3.8) is 0 Å². The standard InChI is InChI=1S/C23H17F3NO2.ClH/c1-13-8-15-10-21-22(29-12-28-21)11-16(15)23(14-6-7-17(24)19(26)9-14)27(13)20-5-3-2-4-18(20)25;/h2-7,9-11,13H,8,12H2,1H3;1H/q+1;/p-1. The Morgan fingerprint density at radius 2 is 1.60 bits per heavy atom. The maximum Gasteiger partial charge on any atom is 0.242 e.